The first-order chi connectivity index (χ1) is 18.0. The lowest BCUT2D eigenvalue weighted by Gasteiger charge is -2.58. The quantitative estimate of drug-likeness (QED) is 0.142. The van der Waals surface area contributed by atoms with E-state index in [0.717, 1.165) is 49.4 Å². The molecule has 1 aliphatic heterocycles. The van der Waals surface area contributed by atoms with Gasteiger partial charge in [-0.1, -0.05) is 69.8 Å². The molecule has 4 aliphatic carbocycles. The predicted octanol–water partition coefficient (Wildman–Crippen LogP) is 8.34. The second-order valence-electron chi connectivity index (χ2n) is 13.7. The molecule has 5 aliphatic rings. The van der Waals surface area contributed by atoms with Gasteiger partial charge in [0, 0.05) is 32.6 Å². The third-order valence-electron chi connectivity index (χ3n) is 11.6. The molecule has 226 valence electrons. The monoisotopic (exact) mass is 552 g/mol. The number of allylic oxidation sites excluding steroid dienone is 3. The maximum atomic E-state index is 6.03. The Hall–Kier alpha value is -1.85. The van der Waals surface area contributed by atoms with Gasteiger partial charge >= 0.3 is 0 Å². The van der Waals surface area contributed by atoms with Crippen molar-refractivity contribution in [2.45, 2.75) is 106 Å². The minimum atomic E-state index is 0. The number of nitrogens with one attached hydrogen (secondary N) is 1. The number of hydrazine groups is 1. The highest BCUT2D eigenvalue weighted by Crippen LogP contribution is 2.67. The standard InChI is InChI=1S/C33H52N4O.2CH4/c1-22-13-17-32(5)26(21-22)9-10-27-29-12-11-28(33(29,6)18-14-30(27)32)24(3)35-38-25(4)37(36(7)8)20-16-31-23(2)15-19-34-31;;/h21,27-31,34H,1-2,4,9-20H2,3,5-8H3;2*1H4/b35-24+;;. The molecule has 0 aromatic carbocycles. The van der Waals surface area contributed by atoms with E-state index >= 15 is 0 Å². The van der Waals surface area contributed by atoms with E-state index in [1.165, 1.54) is 62.5 Å². The van der Waals surface area contributed by atoms with Crippen LogP contribution in [0.5, 0.6) is 0 Å². The lowest BCUT2D eigenvalue weighted by atomic mass is 9.46. The Labute approximate surface area is 246 Å². The van der Waals surface area contributed by atoms with Crippen molar-refractivity contribution in [3.05, 3.63) is 48.4 Å². The molecule has 5 heteroatoms. The fraction of sp³-hybridized carbons (Fsp3) is 0.743. The molecule has 0 radical (unpaired) electrons. The number of rotatable bonds is 8. The van der Waals surface area contributed by atoms with Crippen molar-refractivity contribution < 1.29 is 4.84 Å². The Bertz CT molecular complexity index is 1030. The molecule has 7 unspecified atom stereocenters. The Morgan fingerprint density at radius 2 is 1.80 bits per heavy atom. The van der Waals surface area contributed by atoms with Crippen LogP contribution in [0.1, 0.15) is 99.8 Å². The van der Waals surface area contributed by atoms with E-state index in [2.05, 4.69) is 56.9 Å². The zero-order chi connectivity index (χ0) is 27.2. The summed E-state index contributed by atoms with van der Waals surface area (Å²) < 4.78 is 0. The van der Waals surface area contributed by atoms with Crippen LogP contribution in [0.4, 0.5) is 0 Å². The first kappa shape index (κ1) is 32.7. The molecule has 1 saturated heterocycles. The molecule has 5 nitrogen and oxygen atoms in total. The van der Waals surface area contributed by atoms with Crippen LogP contribution in [-0.4, -0.2) is 49.0 Å². The number of hydrogen-bond acceptors (Lipinski definition) is 5. The lowest BCUT2D eigenvalue weighted by Crippen LogP contribution is -2.50. The first-order valence-corrected chi connectivity index (χ1v) is 15.2. The average Bonchev–Trinajstić information content (AvgIpc) is 3.45. The van der Waals surface area contributed by atoms with Gasteiger partial charge in [0.2, 0.25) is 5.88 Å². The highest BCUT2D eigenvalue weighted by Gasteiger charge is 2.59. The number of fused-ring (bicyclic) bond motifs is 5. The van der Waals surface area contributed by atoms with Crippen LogP contribution < -0.4 is 5.32 Å². The van der Waals surface area contributed by atoms with Crippen molar-refractivity contribution in [3.63, 3.8) is 0 Å². The Balaban J connectivity index is 0.00000220. The van der Waals surface area contributed by atoms with Crippen molar-refractivity contribution in [1.29, 1.82) is 0 Å². The van der Waals surface area contributed by atoms with Crippen LogP contribution in [0.2, 0.25) is 0 Å². The maximum Gasteiger partial charge on any atom is 0.232 e. The molecule has 4 fully saturated rings. The molecule has 1 N–H and O–H groups in total. The van der Waals surface area contributed by atoms with Gasteiger partial charge in [0.1, 0.15) is 0 Å². The molecule has 0 spiro atoms. The summed E-state index contributed by atoms with van der Waals surface area (Å²) in [5, 5.41) is 12.4. The van der Waals surface area contributed by atoms with Gasteiger partial charge in [0.05, 0.1) is 5.71 Å². The van der Waals surface area contributed by atoms with E-state index in [1.807, 2.05) is 19.1 Å². The largest absolute Gasteiger partial charge is 0.338 e. The molecular formula is C35H60N4O. The SMILES string of the molecule is C.C.C=C1C=C2CCC3C(CCC4(C)C(/C(C)=N/OC(=C)N(CCC5NCCC5=C)N(C)C)CCC34)C2(C)CC1. The van der Waals surface area contributed by atoms with Crippen molar-refractivity contribution >= 4 is 5.71 Å². The summed E-state index contributed by atoms with van der Waals surface area (Å²) in [6.07, 6.45) is 14.9. The maximum absolute atomic E-state index is 6.03. The highest BCUT2D eigenvalue weighted by atomic mass is 16.6. The molecule has 0 bridgehead atoms. The zero-order valence-electron chi connectivity index (χ0n) is 24.8. The normalized spacial score (nSPS) is 37.0. The van der Waals surface area contributed by atoms with Gasteiger partial charge in [-0.15, -0.1) is 0 Å². The zero-order valence-corrected chi connectivity index (χ0v) is 24.8. The van der Waals surface area contributed by atoms with Gasteiger partial charge in [-0.25, -0.2) is 5.01 Å². The smallest absolute Gasteiger partial charge is 0.232 e. The molecule has 3 saturated carbocycles. The summed E-state index contributed by atoms with van der Waals surface area (Å²) in [6, 6.07) is 0.377. The van der Waals surface area contributed by atoms with Crippen LogP contribution in [-0.2, 0) is 4.84 Å². The molecular weight excluding hydrogens is 492 g/mol. The molecule has 0 aromatic heterocycles. The molecule has 5 rings (SSSR count). The molecule has 1 heterocycles. The van der Waals surface area contributed by atoms with E-state index < -0.39 is 0 Å². The van der Waals surface area contributed by atoms with Gasteiger partial charge in [-0.05, 0) is 113 Å². The predicted molar refractivity (Wildman–Crippen MR) is 172 cm³/mol. The minimum Gasteiger partial charge on any atom is -0.338 e. The summed E-state index contributed by atoms with van der Waals surface area (Å²) in [5.41, 5.74) is 6.22. The summed E-state index contributed by atoms with van der Waals surface area (Å²) >= 11 is 0. The molecule has 7 atom stereocenters. The van der Waals surface area contributed by atoms with Crippen molar-refractivity contribution in [2.24, 2.45) is 39.7 Å². The fourth-order valence-electron chi connectivity index (χ4n) is 9.40. The van der Waals surface area contributed by atoms with Gasteiger partial charge in [0.15, 0.2) is 0 Å². The van der Waals surface area contributed by atoms with Crippen molar-refractivity contribution in [3.8, 4) is 0 Å². The van der Waals surface area contributed by atoms with Crippen LogP contribution in [0.15, 0.2) is 53.6 Å². The number of nitrogens with zero attached hydrogens (tertiary/aromatic N) is 3. The van der Waals surface area contributed by atoms with Gasteiger partial charge in [0.25, 0.3) is 0 Å². The van der Waals surface area contributed by atoms with Gasteiger partial charge in [-0.3, -0.25) is 5.01 Å². The van der Waals surface area contributed by atoms with Crippen LogP contribution in [0, 0.1) is 34.5 Å². The third kappa shape index (κ3) is 5.75. The van der Waals surface area contributed by atoms with Crippen molar-refractivity contribution in [2.75, 3.05) is 27.2 Å². The second-order valence-corrected chi connectivity index (χ2v) is 13.7. The Kier molecular flexibility index (Phi) is 10.3. The highest BCUT2D eigenvalue weighted by molar-refractivity contribution is 5.85. The van der Waals surface area contributed by atoms with E-state index in [9.17, 15) is 0 Å². The lowest BCUT2D eigenvalue weighted by molar-refractivity contribution is -0.0426. The first-order valence-electron chi connectivity index (χ1n) is 15.2. The number of oxime groups is 1. The van der Waals surface area contributed by atoms with Crippen LogP contribution >= 0.6 is 0 Å². The minimum absolute atomic E-state index is 0. The van der Waals surface area contributed by atoms with E-state index in [4.69, 9.17) is 9.99 Å². The van der Waals surface area contributed by atoms with Crippen molar-refractivity contribution in [1.82, 2.24) is 15.3 Å². The van der Waals surface area contributed by atoms with Crippen LogP contribution in [0.3, 0.4) is 0 Å². The molecule has 0 amide bonds. The topological polar surface area (TPSA) is 40.1 Å². The molecule has 0 aromatic rings. The summed E-state index contributed by atoms with van der Waals surface area (Å²) in [7, 11) is 4.08. The van der Waals surface area contributed by atoms with Gasteiger partial charge in [-0.2, -0.15) is 0 Å². The summed E-state index contributed by atoms with van der Waals surface area (Å²) in [6.45, 7) is 22.0. The molecule has 40 heavy (non-hydrogen) atoms. The summed E-state index contributed by atoms with van der Waals surface area (Å²) in [4.78, 5) is 6.03. The van der Waals surface area contributed by atoms with E-state index in [0.29, 0.717) is 28.7 Å². The van der Waals surface area contributed by atoms with E-state index in [-0.39, 0.29) is 14.9 Å². The number of hydrogen-bond donors (Lipinski definition) is 1. The van der Waals surface area contributed by atoms with Crippen LogP contribution in [0.25, 0.3) is 0 Å². The second kappa shape index (κ2) is 12.6. The Morgan fingerprint density at radius 1 is 1.05 bits per heavy atom. The van der Waals surface area contributed by atoms with E-state index in [1.54, 1.807) is 5.57 Å². The third-order valence-corrected chi connectivity index (χ3v) is 11.6. The summed E-state index contributed by atoms with van der Waals surface area (Å²) in [5.74, 6) is 3.57. The Morgan fingerprint density at radius 3 is 2.48 bits per heavy atom. The van der Waals surface area contributed by atoms with Gasteiger partial charge < -0.3 is 10.2 Å². The fourth-order valence-corrected chi connectivity index (χ4v) is 9.40. The average molecular weight is 553 g/mol.